The van der Waals surface area contributed by atoms with Crippen molar-refractivity contribution in [2.24, 2.45) is 0 Å². The minimum absolute atomic E-state index is 0.667. The van der Waals surface area contributed by atoms with Gasteiger partial charge in [0.05, 0.1) is 4.47 Å². The minimum atomic E-state index is 0.667. The molecular weight excluding hydrogens is 264 g/mol. The van der Waals surface area contributed by atoms with Crippen LogP contribution in [0.4, 0.5) is 5.82 Å². The fourth-order valence-electron chi connectivity index (χ4n) is 2.44. The number of aryl methyl sites for hydroxylation is 1. The van der Waals surface area contributed by atoms with Crippen LogP contribution in [0.3, 0.4) is 0 Å². The van der Waals surface area contributed by atoms with E-state index in [-0.39, 0.29) is 0 Å². The first kappa shape index (κ1) is 11.9. The Bertz CT molecular complexity index is 365. The molecule has 0 bridgehead atoms. The molecule has 1 aromatic heterocycles. The van der Waals surface area contributed by atoms with Crippen LogP contribution in [0.15, 0.2) is 16.7 Å². The summed E-state index contributed by atoms with van der Waals surface area (Å²) in [6.45, 7) is 5.49. The summed E-state index contributed by atoms with van der Waals surface area (Å²) in [7, 11) is 0. The van der Waals surface area contributed by atoms with Crippen molar-refractivity contribution in [3.63, 3.8) is 0 Å². The lowest BCUT2D eigenvalue weighted by Gasteiger charge is -2.36. The molecule has 1 aliphatic heterocycles. The van der Waals surface area contributed by atoms with E-state index in [1.54, 1.807) is 0 Å². The van der Waals surface area contributed by atoms with Gasteiger partial charge in [0, 0.05) is 18.8 Å². The van der Waals surface area contributed by atoms with Gasteiger partial charge < -0.3 is 4.90 Å². The summed E-state index contributed by atoms with van der Waals surface area (Å²) in [4.78, 5) is 7.04. The van der Waals surface area contributed by atoms with Gasteiger partial charge in [-0.15, -0.1) is 0 Å². The normalized spacial score (nSPS) is 21.2. The molecule has 1 aliphatic rings. The first-order valence-corrected chi connectivity index (χ1v) is 6.90. The predicted octanol–water partition coefficient (Wildman–Crippen LogP) is 3.92. The lowest BCUT2D eigenvalue weighted by Crippen LogP contribution is -2.39. The maximum Gasteiger partial charge on any atom is 0.143 e. The van der Waals surface area contributed by atoms with Crippen molar-refractivity contribution in [2.75, 3.05) is 11.4 Å². The average molecular weight is 283 g/mol. The standard InChI is InChI=1S/C13H19BrN2/c1-3-11-6-4-5-7-16(11)13-12(14)8-10(2)9-15-13/h8-9,11H,3-7H2,1-2H3. The molecule has 0 aromatic carbocycles. The first-order valence-electron chi connectivity index (χ1n) is 6.11. The summed E-state index contributed by atoms with van der Waals surface area (Å²) < 4.78 is 1.13. The van der Waals surface area contributed by atoms with Crippen LogP contribution >= 0.6 is 15.9 Å². The van der Waals surface area contributed by atoms with Crippen molar-refractivity contribution in [3.8, 4) is 0 Å². The predicted molar refractivity (Wildman–Crippen MR) is 72.0 cm³/mol. The molecule has 1 atom stereocenters. The van der Waals surface area contributed by atoms with E-state index in [2.05, 4.69) is 45.7 Å². The highest BCUT2D eigenvalue weighted by atomic mass is 79.9. The molecule has 3 heteroatoms. The van der Waals surface area contributed by atoms with Crippen LogP contribution in [0, 0.1) is 6.92 Å². The SMILES string of the molecule is CCC1CCCCN1c1ncc(C)cc1Br. The van der Waals surface area contributed by atoms with E-state index in [0.717, 1.165) is 16.8 Å². The average Bonchev–Trinajstić information content (AvgIpc) is 2.29. The van der Waals surface area contributed by atoms with E-state index >= 15 is 0 Å². The molecule has 2 heterocycles. The van der Waals surface area contributed by atoms with Gasteiger partial charge in [0.25, 0.3) is 0 Å². The molecule has 2 rings (SSSR count). The van der Waals surface area contributed by atoms with Crippen molar-refractivity contribution in [1.29, 1.82) is 0 Å². The molecule has 2 nitrogen and oxygen atoms in total. The highest BCUT2D eigenvalue weighted by Gasteiger charge is 2.23. The third-order valence-corrected chi connectivity index (χ3v) is 3.91. The van der Waals surface area contributed by atoms with E-state index < -0.39 is 0 Å². The molecule has 16 heavy (non-hydrogen) atoms. The van der Waals surface area contributed by atoms with Gasteiger partial charge >= 0.3 is 0 Å². The van der Waals surface area contributed by atoms with Gasteiger partial charge in [-0.05, 0) is 60.2 Å². The number of aromatic nitrogens is 1. The Hall–Kier alpha value is -0.570. The molecular formula is C13H19BrN2. The van der Waals surface area contributed by atoms with Crippen LogP contribution in [0.25, 0.3) is 0 Å². The summed E-state index contributed by atoms with van der Waals surface area (Å²) >= 11 is 3.64. The number of hydrogen-bond donors (Lipinski definition) is 0. The number of hydrogen-bond acceptors (Lipinski definition) is 2. The van der Waals surface area contributed by atoms with Crippen LogP contribution in [0.5, 0.6) is 0 Å². The third kappa shape index (κ3) is 2.40. The first-order chi connectivity index (χ1) is 7.72. The second kappa shape index (κ2) is 5.17. The summed E-state index contributed by atoms with van der Waals surface area (Å²) in [6, 6.07) is 2.82. The number of rotatable bonds is 2. The van der Waals surface area contributed by atoms with Crippen molar-refractivity contribution in [3.05, 3.63) is 22.3 Å². The summed E-state index contributed by atoms with van der Waals surface area (Å²) in [5.41, 5.74) is 1.21. The van der Waals surface area contributed by atoms with Gasteiger partial charge in [-0.3, -0.25) is 0 Å². The molecule has 0 aliphatic carbocycles. The van der Waals surface area contributed by atoms with E-state index in [0.29, 0.717) is 6.04 Å². The summed E-state index contributed by atoms with van der Waals surface area (Å²) in [5.74, 6) is 1.12. The van der Waals surface area contributed by atoms with Gasteiger partial charge in [-0.25, -0.2) is 4.98 Å². The Morgan fingerprint density at radius 3 is 3.00 bits per heavy atom. The molecule has 1 saturated heterocycles. The van der Waals surface area contributed by atoms with Crippen molar-refractivity contribution in [1.82, 2.24) is 4.98 Å². The molecule has 1 unspecified atom stereocenters. The molecule has 0 N–H and O–H groups in total. The molecule has 88 valence electrons. The summed E-state index contributed by atoms with van der Waals surface area (Å²) in [6.07, 6.45) is 7.12. The van der Waals surface area contributed by atoms with Gasteiger partial charge in [0.15, 0.2) is 0 Å². The van der Waals surface area contributed by atoms with E-state index in [9.17, 15) is 0 Å². The molecule has 0 radical (unpaired) electrons. The fraction of sp³-hybridized carbons (Fsp3) is 0.615. The zero-order valence-corrected chi connectivity index (χ0v) is 11.6. The van der Waals surface area contributed by atoms with Crippen LogP contribution < -0.4 is 4.90 Å². The summed E-state index contributed by atoms with van der Waals surface area (Å²) in [5, 5.41) is 0. The van der Waals surface area contributed by atoms with Crippen molar-refractivity contribution in [2.45, 2.75) is 45.6 Å². The smallest absolute Gasteiger partial charge is 0.143 e. The van der Waals surface area contributed by atoms with Crippen LogP contribution in [0.1, 0.15) is 38.2 Å². The Balaban J connectivity index is 2.27. The van der Waals surface area contributed by atoms with Crippen LogP contribution in [-0.2, 0) is 0 Å². The van der Waals surface area contributed by atoms with Gasteiger partial charge in [0.1, 0.15) is 5.82 Å². The molecule has 0 amide bonds. The number of halogens is 1. The number of nitrogens with zero attached hydrogens (tertiary/aromatic N) is 2. The molecule has 1 aromatic rings. The Morgan fingerprint density at radius 1 is 1.50 bits per heavy atom. The lowest BCUT2D eigenvalue weighted by molar-refractivity contribution is 0.446. The van der Waals surface area contributed by atoms with Crippen molar-refractivity contribution < 1.29 is 0 Å². The zero-order valence-electron chi connectivity index (χ0n) is 10.0. The van der Waals surface area contributed by atoms with E-state index in [1.165, 1.54) is 31.2 Å². The maximum absolute atomic E-state index is 4.58. The Morgan fingerprint density at radius 2 is 2.31 bits per heavy atom. The van der Waals surface area contributed by atoms with E-state index in [1.807, 2.05) is 6.20 Å². The number of pyridine rings is 1. The minimum Gasteiger partial charge on any atom is -0.353 e. The number of anilines is 1. The Kier molecular flexibility index (Phi) is 3.85. The van der Waals surface area contributed by atoms with Crippen LogP contribution in [0.2, 0.25) is 0 Å². The lowest BCUT2D eigenvalue weighted by atomic mass is 10.00. The zero-order chi connectivity index (χ0) is 11.5. The second-order valence-electron chi connectivity index (χ2n) is 4.57. The molecule has 0 saturated carbocycles. The molecule has 1 fully saturated rings. The Labute approximate surface area is 106 Å². The largest absolute Gasteiger partial charge is 0.353 e. The van der Waals surface area contributed by atoms with Crippen LogP contribution in [-0.4, -0.2) is 17.6 Å². The molecule has 0 spiro atoms. The topological polar surface area (TPSA) is 16.1 Å². The highest BCUT2D eigenvalue weighted by molar-refractivity contribution is 9.10. The number of piperidine rings is 1. The van der Waals surface area contributed by atoms with Crippen molar-refractivity contribution >= 4 is 21.7 Å². The monoisotopic (exact) mass is 282 g/mol. The van der Waals surface area contributed by atoms with Gasteiger partial charge in [-0.1, -0.05) is 6.92 Å². The highest BCUT2D eigenvalue weighted by Crippen LogP contribution is 2.30. The van der Waals surface area contributed by atoms with Gasteiger partial charge in [0.2, 0.25) is 0 Å². The van der Waals surface area contributed by atoms with E-state index in [4.69, 9.17) is 0 Å². The fourth-order valence-corrected chi connectivity index (χ4v) is 3.13. The second-order valence-corrected chi connectivity index (χ2v) is 5.42. The quantitative estimate of drug-likeness (QED) is 0.817. The third-order valence-electron chi connectivity index (χ3n) is 3.33. The van der Waals surface area contributed by atoms with Gasteiger partial charge in [-0.2, -0.15) is 0 Å². The maximum atomic E-state index is 4.58.